The van der Waals surface area contributed by atoms with Gasteiger partial charge >= 0.3 is 0 Å². The maximum atomic E-state index is 12.5. The lowest BCUT2D eigenvalue weighted by atomic mass is 10.2. The third kappa shape index (κ3) is 5.33. The lowest BCUT2D eigenvalue weighted by Gasteiger charge is -2.26. The number of hydrogen-bond donors (Lipinski definition) is 1. The van der Waals surface area contributed by atoms with E-state index in [4.69, 9.17) is 9.47 Å². The Hall–Kier alpha value is -2.00. The number of hydrogen-bond acceptors (Lipinski definition) is 6. The second-order valence-electron chi connectivity index (χ2n) is 6.91. The molecule has 0 aliphatic carbocycles. The van der Waals surface area contributed by atoms with E-state index in [0.29, 0.717) is 10.9 Å². The average molecular weight is 476 g/mol. The first kappa shape index (κ1) is 20.3. The molecule has 4 rings (SSSR count). The van der Waals surface area contributed by atoms with Gasteiger partial charge in [-0.1, -0.05) is 33.3 Å². The number of morpholine rings is 1. The normalized spacial score (nSPS) is 15.9. The minimum absolute atomic E-state index is 0.222. The molecule has 1 atom stereocenters. The number of thiazole rings is 1. The summed E-state index contributed by atoms with van der Waals surface area (Å²) >= 11 is 4.86. The van der Waals surface area contributed by atoms with Crippen LogP contribution in [-0.4, -0.2) is 48.2 Å². The molecule has 0 bridgehead atoms. The van der Waals surface area contributed by atoms with Crippen molar-refractivity contribution in [2.45, 2.75) is 19.6 Å². The maximum Gasteiger partial charge on any atom is 0.266 e. The van der Waals surface area contributed by atoms with Crippen molar-refractivity contribution >= 4 is 48.5 Å². The van der Waals surface area contributed by atoms with E-state index in [9.17, 15) is 4.79 Å². The predicted molar refractivity (Wildman–Crippen MR) is 119 cm³/mol. The highest BCUT2D eigenvalue weighted by Gasteiger charge is 2.17. The van der Waals surface area contributed by atoms with Gasteiger partial charge in [-0.05, 0) is 48.9 Å². The van der Waals surface area contributed by atoms with Gasteiger partial charge < -0.3 is 9.47 Å². The van der Waals surface area contributed by atoms with Crippen LogP contribution in [0.4, 0.5) is 5.13 Å². The van der Waals surface area contributed by atoms with E-state index in [-0.39, 0.29) is 5.91 Å². The van der Waals surface area contributed by atoms with E-state index in [1.165, 1.54) is 16.9 Å². The van der Waals surface area contributed by atoms with Crippen LogP contribution in [0.2, 0.25) is 0 Å². The van der Waals surface area contributed by atoms with Crippen molar-refractivity contribution in [2.24, 2.45) is 0 Å². The van der Waals surface area contributed by atoms with Gasteiger partial charge in [0.15, 0.2) is 11.2 Å². The number of rotatable bonds is 6. The molecule has 1 aromatic heterocycles. The maximum absolute atomic E-state index is 12.5. The molecule has 1 fully saturated rings. The van der Waals surface area contributed by atoms with Gasteiger partial charge in [0, 0.05) is 24.1 Å². The molecule has 152 valence electrons. The molecule has 2 aromatic carbocycles. The van der Waals surface area contributed by atoms with Crippen LogP contribution in [0.5, 0.6) is 5.75 Å². The molecule has 2 heterocycles. The van der Waals surface area contributed by atoms with Gasteiger partial charge in [-0.2, -0.15) is 0 Å². The number of ether oxygens (including phenoxy) is 2. The summed E-state index contributed by atoms with van der Waals surface area (Å²) in [7, 11) is 0. The summed E-state index contributed by atoms with van der Waals surface area (Å²) in [6, 6.07) is 13.7. The minimum atomic E-state index is -0.625. The Bertz CT molecular complexity index is 987. The van der Waals surface area contributed by atoms with Crippen LogP contribution < -0.4 is 10.1 Å². The summed E-state index contributed by atoms with van der Waals surface area (Å²) in [5.41, 5.74) is 2.13. The Morgan fingerprint density at radius 2 is 2.03 bits per heavy atom. The van der Waals surface area contributed by atoms with Gasteiger partial charge in [-0.3, -0.25) is 15.0 Å². The number of anilines is 1. The molecular weight excluding hydrogens is 454 g/mol. The van der Waals surface area contributed by atoms with Crippen LogP contribution in [0.1, 0.15) is 12.5 Å². The Morgan fingerprint density at radius 3 is 2.79 bits per heavy atom. The smallest absolute Gasteiger partial charge is 0.266 e. The number of nitrogens with zero attached hydrogens (tertiary/aromatic N) is 2. The quantitative estimate of drug-likeness (QED) is 0.575. The Labute approximate surface area is 182 Å². The van der Waals surface area contributed by atoms with Crippen LogP contribution in [0.15, 0.2) is 46.9 Å². The topological polar surface area (TPSA) is 63.7 Å². The molecule has 0 radical (unpaired) electrons. The lowest BCUT2D eigenvalue weighted by Crippen LogP contribution is -2.35. The highest BCUT2D eigenvalue weighted by molar-refractivity contribution is 9.10. The molecule has 0 saturated carbocycles. The Kier molecular flexibility index (Phi) is 6.44. The van der Waals surface area contributed by atoms with Gasteiger partial charge in [0.05, 0.1) is 23.4 Å². The lowest BCUT2D eigenvalue weighted by molar-refractivity contribution is -0.122. The molecule has 8 heteroatoms. The van der Waals surface area contributed by atoms with Gasteiger partial charge in [0.1, 0.15) is 5.75 Å². The number of amides is 1. The second kappa shape index (κ2) is 9.21. The zero-order chi connectivity index (χ0) is 20.2. The fraction of sp³-hybridized carbons (Fsp3) is 0.333. The van der Waals surface area contributed by atoms with Crippen molar-refractivity contribution in [1.29, 1.82) is 0 Å². The van der Waals surface area contributed by atoms with Crippen LogP contribution in [0.3, 0.4) is 0 Å². The van der Waals surface area contributed by atoms with E-state index in [1.807, 2.05) is 30.3 Å². The number of carbonyl (C=O) groups excluding carboxylic acids is 1. The largest absolute Gasteiger partial charge is 0.481 e. The SMILES string of the molecule is CC(Oc1ccc(Br)cc1)C(=O)Nc1nc2ccc(CN3CCOCC3)cc2s1. The van der Waals surface area contributed by atoms with E-state index in [0.717, 1.165) is 47.5 Å². The first-order valence-corrected chi connectivity index (χ1v) is 11.1. The molecule has 1 aliphatic rings. The predicted octanol–water partition coefficient (Wildman–Crippen LogP) is 4.30. The van der Waals surface area contributed by atoms with Gasteiger partial charge in [-0.25, -0.2) is 4.98 Å². The number of carbonyl (C=O) groups is 1. The van der Waals surface area contributed by atoms with Crippen LogP contribution in [0, 0.1) is 0 Å². The molecule has 3 aromatic rings. The molecule has 1 amide bonds. The van der Waals surface area contributed by atoms with Crippen molar-refractivity contribution in [1.82, 2.24) is 9.88 Å². The van der Waals surface area contributed by atoms with Crippen molar-refractivity contribution in [2.75, 3.05) is 31.6 Å². The third-order valence-corrected chi connectivity index (χ3v) is 6.15. The molecule has 6 nitrogen and oxygen atoms in total. The minimum Gasteiger partial charge on any atom is -0.481 e. The van der Waals surface area contributed by atoms with Crippen molar-refractivity contribution in [3.63, 3.8) is 0 Å². The highest BCUT2D eigenvalue weighted by Crippen LogP contribution is 2.28. The number of fused-ring (bicyclic) bond motifs is 1. The van der Waals surface area contributed by atoms with Crippen LogP contribution in [0.25, 0.3) is 10.2 Å². The molecule has 0 spiro atoms. The summed E-state index contributed by atoms with van der Waals surface area (Å²) in [6.45, 7) is 6.12. The van der Waals surface area contributed by atoms with Crippen LogP contribution >= 0.6 is 27.3 Å². The number of aromatic nitrogens is 1. The molecule has 29 heavy (non-hydrogen) atoms. The van der Waals surface area contributed by atoms with Crippen LogP contribution in [-0.2, 0) is 16.1 Å². The number of nitrogens with one attached hydrogen (secondary N) is 1. The van der Waals surface area contributed by atoms with E-state index in [1.54, 1.807) is 6.92 Å². The zero-order valence-corrected chi connectivity index (χ0v) is 18.5. The van der Waals surface area contributed by atoms with E-state index >= 15 is 0 Å². The molecule has 1 N–H and O–H groups in total. The van der Waals surface area contributed by atoms with E-state index < -0.39 is 6.10 Å². The summed E-state index contributed by atoms with van der Waals surface area (Å²) in [5.74, 6) is 0.424. The first-order chi connectivity index (χ1) is 14.1. The third-order valence-electron chi connectivity index (χ3n) is 4.69. The van der Waals surface area contributed by atoms with Gasteiger partial charge in [0.2, 0.25) is 0 Å². The fourth-order valence-electron chi connectivity index (χ4n) is 3.12. The standard InChI is InChI=1S/C21H22BrN3O3S/c1-14(28-17-5-3-16(22)4-6-17)20(26)24-21-23-18-7-2-15(12-19(18)29-21)13-25-8-10-27-11-9-25/h2-7,12,14H,8-11,13H2,1H3,(H,23,24,26). The summed E-state index contributed by atoms with van der Waals surface area (Å²) in [5, 5.41) is 3.45. The Balaban J connectivity index is 1.39. The average Bonchev–Trinajstić information content (AvgIpc) is 3.12. The fourth-order valence-corrected chi connectivity index (χ4v) is 4.31. The second-order valence-corrected chi connectivity index (χ2v) is 8.86. The van der Waals surface area contributed by atoms with Gasteiger partial charge in [0.25, 0.3) is 5.91 Å². The molecule has 1 saturated heterocycles. The molecule has 1 unspecified atom stereocenters. The Morgan fingerprint density at radius 1 is 1.28 bits per heavy atom. The van der Waals surface area contributed by atoms with Crippen molar-refractivity contribution < 1.29 is 14.3 Å². The highest BCUT2D eigenvalue weighted by atomic mass is 79.9. The zero-order valence-electron chi connectivity index (χ0n) is 16.1. The summed E-state index contributed by atoms with van der Waals surface area (Å²) in [4.78, 5) is 19.4. The molecule has 1 aliphatic heterocycles. The number of benzene rings is 2. The first-order valence-electron chi connectivity index (χ1n) is 9.49. The molecular formula is C21H22BrN3O3S. The van der Waals surface area contributed by atoms with Crippen molar-refractivity contribution in [3.8, 4) is 5.75 Å². The van der Waals surface area contributed by atoms with Crippen molar-refractivity contribution in [3.05, 3.63) is 52.5 Å². The van der Waals surface area contributed by atoms with E-state index in [2.05, 4.69) is 43.3 Å². The summed E-state index contributed by atoms with van der Waals surface area (Å²) < 4.78 is 13.1. The number of halogens is 1. The monoisotopic (exact) mass is 475 g/mol. The van der Waals surface area contributed by atoms with Gasteiger partial charge in [-0.15, -0.1) is 0 Å². The summed E-state index contributed by atoms with van der Waals surface area (Å²) in [6.07, 6.45) is -0.625.